The van der Waals surface area contributed by atoms with Gasteiger partial charge in [0, 0.05) is 25.3 Å². The van der Waals surface area contributed by atoms with Crippen molar-refractivity contribution in [2.45, 2.75) is 43.7 Å². The SMILES string of the molecule is N#C/C(=C\c1ccc2cc(N3CCCCC3)ccc2c1)S(=O)(=O)NC[C@H]1OC[C@H](O)[C@@H](O)[C@@H]1O. The summed E-state index contributed by atoms with van der Waals surface area (Å²) in [6, 6.07) is 13.4. The maximum absolute atomic E-state index is 12.7. The van der Waals surface area contributed by atoms with E-state index >= 15 is 0 Å². The molecule has 4 N–H and O–H groups in total. The Morgan fingerprint density at radius 1 is 1.09 bits per heavy atom. The molecule has 182 valence electrons. The fraction of sp³-hybridized carbons (Fsp3) is 0.458. The van der Waals surface area contributed by atoms with Crippen molar-refractivity contribution in [3.05, 3.63) is 46.9 Å². The van der Waals surface area contributed by atoms with E-state index in [1.54, 1.807) is 12.1 Å². The van der Waals surface area contributed by atoms with Crippen LogP contribution in [0.1, 0.15) is 24.8 Å². The number of anilines is 1. The zero-order valence-electron chi connectivity index (χ0n) is 18.7. The van der Waals surface area contributed by atoms with E-state index in [9.17, 15) is 29.0 Å². The number of rotatable bonds is 6. The number of nitriles is 1. The molecule has 0 aromatic heterocycles. The molecule has 34 heavy (non-hydrogen) atoms. The molecular weight excluding hydrogens is 458 g/mol. The Bertz CT molecular complexity index is 1200. The van der Waals surface area contributed by atoms with Gasteiger partial charge in [-0.3, -0.25) is 0 Å². The molecule has 0 bridgehead atoms. The lowest BCUT2D eigenvalue weighted by Gasteiger charge is -2.35. The summed E-state index contributed by atoms with van der Waals surface area (Å²) in [5, 5.41) is 40.7. The molecule has 0 aliphatic carbocycles. The van der Waals surface area contributed by atoms with Gasteiger partial charge in [-0.1, -0.05) is 18.2 Å². The van der Waals surface area contributed by atoms with Crippen molar-refractivity contribution in [3.8, 4) is 6.07 Å². The van der Waals surface area contributed by atoms with E-state index in [0.29, 0.717) is 5.56 Å². The van der Waals surface area contributed by atoms with E-state index < -0.39 is 39.3 Å². The molecule has 2 aromatic rings. The summed E-state index contributed by atoms with van der Waals surface area (Å²) in [5.41, 5.74) is 1.73. The number of hydrogen-bond acceptors (Lipinski definition) is 8. The van der Waals surface area contributed by atoms with Crippen LogP contribution in [-0.4, -0.2) is 74.4 Å². The van der Waals surface area contributed by atoms with Gasteiger partial charge in [0.1, 0.15) is 24.4 Å². The van der Waals surface area contributed by atoms with E-state index in [1.165, 1.54) is 31.0 Å². The van der Waals surface area contributed by atoms with Crippen LogP contribution in [0.2, 0.25) is 0 Å². The normalized spacial score (nSPS) is 26.4. The van der Waals surface area contributed by atoms with Gasteiger partial charge >= 0.3 is 0 Å². The van der Waals surface area contributed by atoms with Crippen LogP contribution in [0.3, 0.4) is 0 Å². The van der Waals surface area contributed by atoms with Gasteiger partial charge in [0.25, 0.3) is 10.0 Å². The number of nitrogens with zero attached hydrogens (tertiary/aromatic N) is 2. The van der Waals surface area contributed by atoms with Crippen LogP contribution < -0.4 is 9.62 Å². The quantitative estimate of drug-likeness (QED) is 0.444. The van der Waals surface area contributed by atoms with E-state index in [4.69, 9.17) is 4.74 Å². The average molecular weight is 488 g/mol. The van der Waals surface area contributed by atoms with E-state index in [-0.39, 0.29) is 13.2 Å². The zero-order valence-corrected chi connectivity index (χ0v) is 19.5. The summed E-state index contributed by atoms with van der Waals surface area (Å²) < 4.78 is 32.8. The Morgan fingerprint density at radius 2 is 1.79 bits per heavy atom. The Labute approximate surface area is 198 Å². The Morgan fingerprint density at radius 3 is 2.53 bits per heavy atom. The van der Waals surface area contributed by atoms with Crippen LogP contribution >= 0.6 is 0 Å². The number of fused-ring (bicyclic) bond motifs is 1. The third kappa shape index (κ3) is 5.41. The number of nitrogens with one attached hydrogen (secondary N) is 1. The number of aliphatic hydroxyl groups excluding tert-OH is 3. The van der Waals surface area contributed by atoms with Crippen molar-refractivity contribution in [2.75, 3.05) is 31.1 Å². The highest BCUT2D eigenvalue weighted by atomic mass is 32.2. The summed E-state index contributed by atoms with van der Waals surface area (Å²) in [7, 11) is -4.19. The van der Waals surface area contributed by atoms with Crippen molar-refractivity contribution in [1.82, 2.24) is 4.72 Å². The topological polar surface area (TPSA) is 143 Å². The second-order valence-electron chi connectivity index (χ2n) is 8.73. The highest BCUT2D eigenvalue weighted by Crippen LogP contribution is 2.26. The Balaban J connectivity index is 1.49. The zero-order chi connectivity index (χ0) is 24.3. The van der Waals surface area contributed by atoms with Gasteiger partial charge in [-0.25, -0.2) is 13.1 Å². The highest BCUT2D eigenvalue weighted by molar-refractivity contribution is 7.93. The third-order valence-electron chi connectivity index (χ3n) is 6.35. The second-order valence-corrected chi connectivity index (χ2v) is 10.5. The van der Waals surface area contributed by atoms with E-state index in [1.807, 2.05) is 18.2 Å². The van der Waals surface area contributed by atoms with Gasteiger partial charge in [0.05, 0.1) is 12.7 Å². The first-order valence-corrected chi connectivity index (χ1v) is 12.8. The summed E-state index contributed by atoms with van der Waals surface area (Å²) in [5.74, 6) is 0. The lowest BCUT2D eigenvalue weighted by Crippen LogP contribution is -2.56. The first-order chi connectivity index (χ1) is 16.3. The molecule has 2 aliphatic heterocycles. The number of benzene rings is 2. The monoisotopic (exact) mass is 487 g/mol. The molecule has 0 spiro atoms. The highest BCUT2D eigenvalue weighted by Gasteiger charge is 2.38. The molecule has 4 rings (SSSR count). The fourth-order valence-corrected chi connectivity index (χ4v) is 5.28. The van der Waals surface area contributed by atoms with Crippen LogP contribution in [-0.2, 0) is 14.8 Å². The lowest BCUT2D eigenvalue weighted by molar-refractivity contribution is -0.184. The van der Waals surface area contributed by atoms with Crippen molar-refractivity contribution in [3.63, 3.8) is 0 Å². The number of piperidine rings is 1. The molecule has 2 saturated heterocycles. The van der Waals surface area contributed by atoms with Crippen LogP contribution in [0.25, 0.3) is 16.8 Å². The maximum Gasteiger partial charge on any atom is 0.250 e. The molecule has 2 aromatic carbocycles. The van der Waals surface area contributed by atoms with Crippen molar-refractivity contribution in [2.24, 2.45) is 0 Å². The molecule has 0 saturated carbocycles. The molecule has 2 fully saturated rings. The summed E-state index contributed by atoms with van der Waals surface area (Å²) in [6.07, 6.45) is -0.275. The number of ether oxygens (including phenoxy) is 1. The van der Waals surface area contributed by atoms with E-state index in [2.05, 4.69) is 21.8 Å². The molecule has 0 unspecified atom stereocenters. The molecule has 10 heteroatoms. The van der Waals surface area contributed by atoms with Gasteiger partial charge in [-0.2, -0.15) is 5.26 Å². The van der Waals surface area contributed by atoms with Gasteiger partial charge in [-0.15, -0.1) is 0 Å². The van der Waals surface area contributed by atoms with Crippen LogP contribution in [0, 0.1) is 11.3 Å². The smallest absolute Gasteiger partial charge is 0.250 e. The summed E-state index contributed by atoms with van der Waals surface area (Å²) >= 11 is 0. The first kappa shape index (κ1) is 24.6. The number of sulfonamides is 1. The van der Waals surface area contributed by atoms with E-state index in [0.717, 1.165) is 23.9 Å². The predicted molar refractivity (Wildman–Crippen MR) is 128 cm³/mol. The van der Waals surface area contributed by atoms with Gasteiger partial charge in [0.2, 0.25) is 0 Å². The fourth-order valence-electron chi connectivity index (χ4n) is 4.33. The summed E-state index contributed by atoms with van der Waals surface area (Å²) in [6.45, 7) is 1.50. The van der Waals surface area contributed by atoms with Crippen LogP contribution in [0.5, 0.6) is 0 Å². The molecule has 2 aliphatic rings. The van der Waals surface area contributed by atoms with Crippen LogP contribution in [0.15, 0.2) is 41.3 Å². The van der Waals surface area contributed by atoms with Gasteiger partial charge < -0.3 is 25.0 Å². The first-order valence-electron chi connectivity index (χ1n) is 11.3. The standard InChI is InChI=1S/C24H29N3O6S/c25-13-20(34(31,32)26-14-22-24(30)23(29)21(28)15-33-22)11-16-4-5-18-12-19(7-6-17(18)10-16)27-8-2-1-3-9-27/h4-7,10-12,21-24,26,28-30H,1-3,8-9,14-15H2/b20-11+/t21-,22+,23+,24+/m0/s1. The number of allylic oxidation sites excluding steroid dienone is 1. The van der Waals surface area contributed by atoms with Gasteiger partial charge in [-0.05, 0) is 59.9 Å². The minimum atomic E-state index is -4.19. The third-order valence-corrected chi connectivity index (χ3v) is 7.68. The number of aliphatic hydroxyl groups is 3. The number of hydrogen-bond donors (Lipinski definition) is 4. The average Bonchev–Trinajstić information content (AvgIpc) is 2.85. The molecule has 0 amide bonds. The molecule has 4 atom stereocenters. The lowest BCUT2D eigenvalue weighted by atomic mass is 10.0. The van der Waals surface area contributed by atoms with Crippen molar-refractivity contribution < 1.29 is 28.5 Å². The predicted octanol–water partition coefficient (Wildman–Crippen LogP) is 1.10. The minimum absolute atomic E-state index is 0.234. The molecular formula is C24H29N3O6S. The maximum atomic E-state index is 12.7. The summed E-state index contributed by atoms with van der Waals surface area (Å²) in [4.78, 5) is 1.89. The largest absolute Gasteiger partial charge is 0.388 e. The Hall–Kier alpha value is -2.52. The van der Waals surface area contributed by atoms with Crippen molar-refractivity contribution in [1.29, 1.82) is 5.26 Å². The molecule has 2 heterocycles. The Kier molecular flexibility index (Phi) is 7.52. The molecule has 9 nitrogen and oxygen atoms in total. The molecule has 0 radical (unpaired) electrons. The van der Waals surface area contributed by atoms with Gasteiger partial charge in [0.15, 0.2) is 4.91 Å². The van der Waals surface area contributed by atoms with Crippen molar-refractivity contribution >= 4 is 32.6 Å². The van der Waals surface area contributed by atoms with Crippen LogP contribution in [0.4, 0.5) is 5.69 Å². The minimum Gasteiger partial charge on any atom is -0.388 e. The second kappa shape index (κ2) is 10.4.